The number of hydrogen-bond acceptors (Lipinski definition) is 4. The van der Waals surface area contributed by atoms with E-state index in [4.69, 9.17) is 16.6 Å². The lowest BCUT2D eigenvalue weighted by molar-refractivity contribution is -0.143. The highest BCUT2D eigenvalue weighted by atomic mass is 35.5. The van der Waals surface area contributed by atoms with Gasteiger partial charge in [-0.1, -0.05) is 48.9 Å². The summed E-state index contributed by atoms with van der Waals surface area (Å²) in [7, 11) is 0. The van der Waals surface area contributed by atoms with Crippen LogP contribution >= 0.6 is 11.6 Å². The van der Waals surface area contributed by atoms with Gasteiger partial charge in [-0.15, -0.1) is 0 Å². The molecule has 6 nitrogen and oxygen atoms in total. The monoisotopic (exact) mass is 526 g/mol. The largest absolute Gasteiger partial charge is 0.341 e. The van der Waals surface area contributed by atoms with Crippen molar-refractivity contribution in [1.82, 2.24) is 14.8 Å². The Labute approximate surface area is 227 Å². The molecule has 0 radical (unpaired) electrons. The zero-order valence-corrected chi connectivity index (χ0v) is 22.8. The summed E-state index contributed by atoms with van der Waals surface area (Å²) in [4.78, 5) is 39.6. The number of halogens is 1. The Morgan fingerprint density at radius 2 is 1.74 bits per heavy atom. The fraction of sp³-hybridized carbons (Fsp3) is 0.419. The molecule has 1 saturated heterocycles. The van der Waals surface area contributed by atoms with Crippen LogP contribution < -0.4 is 0 Å². The maximum atomic E-state index is 13.4. The molecule has 0 bridgehead atoms. The van der Waals surface area contributed by atoms with Gasteiger partial charge in [0, 0.05) is 47.6 Å². The van der Waals surface area contributed by atoms with E-state index in [1.165, 1.54) is 0 Å². The number of hydrogen-bond donors (Lipinski definition) is 0. The predicted molar refractivity (Wildman–Crippen MR) is 149 cm³/mol. The molecule has 3 fully saturated rings. The first kappa shape index (κ1) is 23.8. The molecule has 2 saturated carbocycles. The van der Waals surface area contributed by atoms with Gasteiger partial charge in [0.15, 0.2) is 0 Å². The van der Waals surface area contributed by atoms with E-state index < -0.39 is 5.54 Å². The Balaban J connectivity index is 1.14. The van der Waals surface area contributed by atoms with Crippen LogP contribution in [-0.2, 0) is 9.59 Å². The van der Waals surface area contributed by atoms with E-state index in [1.807, 2.05) is 28.9 Å². The first-order valence-electron chi connectivity index (χ1n) is 13.6. The lowest BCUT2D eigenvalue weighted by Crippen LogP contribution is -2.56. The molecule has 4 aliphatic rings. The Bertz CT molecular complexity index is 1560. The Kier molecular flexibility index (Phi) is 5.10. The fourth-order valence-electron chi connectivity index (χ4n) is 5.95. The minimum atomic E-state index is -0.553. The number of fused-ring (bicyclic) bond motifs is 1. The average Bonchev–Trinajstić information content (AvgIpc) is 3.78. The number of rotatable bonds is 5. The normalized spacial score (nSPS) is 21.2. The summed E-state index contributed by atoms with van der Waals surface area (Å²) in [6.07, 6.45) is 3.63. The Morgan fingerprint density at radius 3 is 2.42 bits per heavy atom. The lowest BCUT2D eigenvalue weighted by atomic mass is 9.95. The van der Waals surface area contributed by atoms with Gasteiger partial charge in [0.25, 0.3) is 5.91 Å². The summed E-state index contributed by atoms with van der Waals surface area (Å²) in [6.45, 7) is 8.18. The van der Waals surface area contributed by atoms with Gasteiger partial charge in [-0.2, -0.15) is 0 Å². The molecule has 7 heteroatoms. The maximum absolute atomic E-state index is 13.4. The third kappa shape index (κ3) is 3.76. The van der Waals surface area contributed by atoms with Gasteiger partial charge in [0.1, 0.15) is 11.4 Å². The summed E-state index contributed by atoms with van der Waals surface area (Å²) >= 11 is 6.42. The summed E-state index contributed by atoms with van der Waals surface area (Å²) < 4.78 is 0. The van der Waals surface area contributed by atoms with Crippen molar-refractivity contribution in [1.29, 1.82) is 0 Å². The van der Waals surface area contributed by atoms with Crippen LogP contribution in [0.1, 0.15) is 49.4 Å². The second kappa shape index (κ2) is 8.12. The number of carbonyl (C=O) groups is 2. The van der Waals surface area contributed by atoms with E-state index in [-0.39, 0.29) is 17.2 Å². The third-order valence-electron chi connectivity index (χ3n) is 8.83. The zero-order chi connectivity index (χ0) is 26.4. The van der Waals surface area contributed by atoms with Crippen LogP contribution in [0.3, 0.4) is 0 Å². The van der Waals surface area contributed by atoms with Crippen molar-refractivity contribution in [3.8, 4) is 11.1 Å². The molecule has 3 heterocycles. The number of aromatic nitrogens is 1. The molecule has 7 rings (SSSR count). The molecule has 1 spiro atoms. The molecule has 194 valence electrons. The first-order valence-corrected chi connectivity index (χ1v) is 13.9. The third-order valence-corrected chi connectivity index (χ3v) is 9.14. The van der Waals surface area contributed by atoms with Crippen LogP contribution in [0.2, 0.25) is 5.02 Å². The number of carbonyl (C=O) groups excluding carboxylic acids is 2. The van der Waals surface area contributed by atoms with Crippen molar-refractivity contribution in [2.24, 2.45) is 16.3 Å². The van der Waals surface area contributed by atoms with Gasteiger partial charge in [-0.3, -0.25) is 24.5 Å². The second-order valence-corrected chi connectivity index (χ2v) is 12.4. The fourth-order valence-corrected chi connectivity index (χ4v) is 6.27. The van der Waals surface area contributed by atoms with Gasteiger partial charge in [0.2, 0.25) is 5.91 Å². The van der Waals surface area contributed by atoms with Crippen molar-refractivity contribution in [2.75, 3.05) is 19.6 Å². The van der Waals surface area contributed by atoms with Crippen LogP contribution in [0.15, 0.2) is 47.5 Å². The van der Waals surface area contributed by atoms with E-state index in [1.54, 1.807) is 0 Å². The number of aryl methyl sites for hydroxylation is 2. The summed E-state index contributed by atoms with van der Waals surface area (Å²) in [6, 6.07) is 14.4. The number of pyridine rings is 1. The molecule has 2 aromatic carbocycles. The van der Waals surface area contributed by atoms with Crippen LogP contribution in [0.4, 0.5) is 0 Å². The van der Waals surface area contributed by atoms with Crippen molar-refractivity contribution < 1.29 is 9.59 Å². The smallest absolute Gasteiger partial charge is 0.256 e. The van der Waals surface area contributed by atoms with Crippen LogP contribution in [0.5, 0.6) is 0 Å². The van der Waals surface area contributed by atoms with Gasteiger partial charge in [-0.05, 0) is 68.4 Å². The molecule has 2 aliphatic carbocycles. The number of likely N-dealkylation sites (tertiary alicyclic amines) is 1. The highest BCUT2D eigenvalue weighted by Gasteiger charge is 2.58. The molecular formula is C31H31ClN4O2. The van der Waals surface area contributed by atoms with Gasteiger partial charge in [0.05, 0.1) is 10.5 Å². The number of amidine groups is 1. The SMILES string of the molecule is Cc1cc(Cl)c2ccc(-c3ccc(C4=NC5(CC5)C(=O)N4CC4CN(C(=O)C5(C)CC5)C4)c(C)c3)cc2n1. The topological polar surface area (TPSA) is 65.9 Å². The van der Waals surface area contributed by atoms with E-state index in [0.29, 0.717) is 17.5 Å². The minimum Gasteiger partial charge on any atom is -0.341 e. The minimum absolute atomic E-state index is 0.128. The summed E-state index contributed by atoms with van der Waals surface area (Å²) in [5.41, 5.74) is 5.33. The maximum Gasteiger partial charge on any atom is 0.256 e. The van der Waals surface area contributed by atoms with Crippen LogP contribution in [-0.4, -0.2) is 57.6 Å². The van der Waals surface area contributed by atoms with Crippen molar-refractivity contribution in [3.05, 3.63) is 64.3 Å². The van der Waals surface area contributed by atoms with Crippen molar-refractivity contribution in [2.45, 2.75) is 52.0 Å². The number of benzene rings is 2. The summed E-state index contributed by atoms with van der Waals surface area (Å²) in [5, 5.41) is 1.66. The number of aliphatic imine (C=N–C) groups is 1. The Morgan fingerprint density at radius 1 is 1.03 bits per heavy atom. The highest BCUT2D eigenvalue weighted by Crippen LogP contribution is 2.48. The van der Waals surface area contributed by atoms with E-state index >= 15 is 0 Å². The van der Waals surface area contributed by atoms with Crippen LogP contribution in [0, 0.1) is 25.2 Å². The van der Waals surface area contributed by atoms with Crippen molar-refractivity contribution >= 4 is 40.2 Å². The molecule has 2 aliphatic heterocycles. The standard InChI is InChI=1S/C31H31ClN4O2/c1-18-12-21(22-5-7-24-25(32)13-19(2)33-26(24)14-22)4-6-23(18)27-34-31(10-11-31)29(38)36(27)17-20-15-35(16-20)28(37)30(3)8-9-30/h4-7,12-14,20H,8-11,15-17H2,1-3H3. The number of amides is 2. The zero-order valence-electron chi connectivity index (χ0n) is 22.1. The van der Waals surface area contributed by atoms with Gasteiger partial charge in [-0.25, -0.2) is 0 Å². The molecule has 0 atom stereocenters. The molecular weight excluding hydrogens is 496 g/mol. The highest BCUT2D eigenvalue weighted by molar-refractivity contribution is 6.35. The van der Waals surface area contributed by atoms with Gasteiger partial charge < -0.3 is 4.90 Å². The Hall–Kier alpha value is -3.25. The lowest BCUT2D eigenvalue weighted by Gasteiger charge is -2.42. The number of nitrogens with zero attached hydrogens (tertiary/aromatic N) is 4. The molecule has 1 aromatic heterocycles. The van der Waals surface area contributed by atoms with E-state index in [0.717, 1.165) is 83.5 Å². The predicted octanol–water partition coefficient (Wildman–Crippen LogP) is 5.55. The van der Waals surface area contributed by atoms with E-state index in [2.05, 4.69) is 49.2 Å². The molecule has 38 heavy (non-hydrogen) atoms. The molecule has 0 N–H and O–H groups in total. The average molecular weight is 527 g/mol. The van der Waals surface area contributed by atoms with Gasteiger partial charge >= 0.3 is 0 Å². The molecule has 0 unspecified atom stereocenters. The van der Waals surface area contributed by atoms with Crippen molar-refractivity contribution in [3.63, 3.8) is 0 Å². The van der Waals surface area contributed by atoms with E-state index in [9.17, 15) is 9.59 Å². The second-order valence-electron chi connectivity index (χ2n) is 12.0. The summed E-state index contributed by atoms with van der Waals surface area (Å²) in [5.74, 6) is 1.49. The first-order chi connectivity index (χ1) is 18.2. The quantitative estimate of drug-likeness (QED) is 0.437. The molecule has 2 amide bonds. The van der Waals surface area contributed by atoms with Crippen LogP contribution in [0.25, 0.3) is 22.0 Å². The molecule has 3 aromatic rings.